The highest BCUT2D eigenvalue weighted by Gasteiger charge is 2.20. The smallest absolute Gasteiger partial charge is 0.412 e. The molecular formula is C16H21NO3. The Hall–Kier alpha value is -2.15. The van der Waals surface area contributed by atoms with E-state index < -0.39 is 17.1 Å². The van der Waals surface area contributed by atoms with Gasteiger partial charge >= 0.3 is 6.09 Å². The van der Waals surface area contributed by atoms with Crippen LogP contribution in [0.1, 0.15) is 40.2 Å². The molecule has 0 aliphatic rings. The largest absolute Gasteiger partial charge is 0.506 e. The lowest BCUT2D eigenvalue weighted by molar-refractivity contribution is 0.0635. The fraction of sp³-hybridized carbons (Fsp3) is 0.438. The molecule has 0 unspecified atom stereocenters. The summed E-state index contributed by atoms with van der Waals surface area (Å²) in [6, 6.07) is 4.92. The number of aromatic hydroxyl groups is 1. The lowest BCUT2D eigenvalue weighted by Crippen LogP contribution is -2.27. The Labute approximate surface area is 120 Å². The van der Waals surface area contributed by atoms with E-state index in [1.165, 1.54) is 0 Å². The molecule has 1 aromatic rings. The summed E-state index contributed by atoms with van der Waals surface area (Å²) >= 11 is 0. The molecule has 0 bridgehead atoms. The fourth-order valence-corrected chi connectivity index (χ4v) is 1.52. The van der Waals surface area contributed by atoms with Gasteiger partial charge in [0.1, 0.15) is 11.4 Å². The summed E-state index contributed by atoms with van der Waals surface area (Å²) in [5.41, 5.74) is 0.00981. The van der Waals surface area contributed by atoms with Crippen LogP contribution in [0, 0.1) is 12.3 Å². The molecule has 0 radical (unpaired) electrons. The summed E-state index contributed by atoms with van der Waals surface area (Å²) in [7, 11) is 0. The summed E-state index contributed by atoms with van der Waals surface area (Å²) in [6.07, 6.45) is 4.84. The van der Waals surface area contributed by atoms with Crippen LogP contribution in [0.3, 0.4) is 0 Å². The number of carbonyl (C=O) groups is 1. The second kappa shape index (κ2) is 5.46. The summed E-state index contributed by atoms with van der Waals surface area (Å²) in [6.45, 7) is 9.06. The van der Waals surface area contributed by atoms with Crippen molar-refractivity contribution in [3.05, 3.63) is 23.8 Å². The van der Waals surface area contributed by atoms with E-state index in [4.69, 9.17) is 11.2 Å². The van der Waals surface area contributed by atoms with Crippen LogP contribution in [0.25, 0.3) is 0 Å². The Bertz CT molecular complexity index is 548. The van der Waals surface area contributed by atoms with Crippen LogP contribution >= 0.6 is 0 Å². The van der Waals surface area contributed by atoms with Crippen molar-refractivity contribution < 1.29 is 14.6 Å². The van der Waals surface area contributed by atoms with Crippen molar-refractivity contribution >= 4 is 11.8 Å². The molecule has 0 spiro atoms. The quantitative estimate of drug-likeness (QED) is 0.640. The van der Waals surface area contributed by atoms with Gasteiger partial charge in [0.25, 0.3) is 0 Å². The highest BCUT2D eigenvalue weighted by atomic mass is 16.6. The Balaban J connectivity index is 2.90. The molecular weight excluding hydrogens is 254 g/mol. The molecule has 0 saturated heterocycles. The average molecular weight is 275 g/mol. The zero-order chi connectivity index (χ0) is 15.6. The molecule has 1 amide bonds. The number of hydrogen-bond acceptors (Lipinski definition) is 3. The van der Waals surface area contributed by atoms with Crippen LogP contribution < -0.4 is 5.32 Å². The van der Waals surface area contributed by atoms with E-state index in [9.17, 15) is 9.90 Å². The van der Waals surface area contributed by atoms with Gasteiger partial charge in [-0.1, -0.05) is 12.0 Å². The van der Waals surface area contributed by atoms with Gasteiger partial charge in [-0.05, 0) is 52.3 Å². The van der Waals surface area contributed by atoms with Crippen LogP contribution in [0.4, 0.5) is 10.5 Å². The van der Waals surface area contributed by atoms with Gasteiger partial charge in [-0.25, -0.2) is 4.79 Å². The molecule has 4 heteroatoms. The van der Waals surface area contributed by atoms with Crippen molar-refractivity contribution in [1.82, 2.24) is 0 Å². The summed E-state index contributed by atoms with van der Waals surface area (Å²) in [5.74, 6) is 2.61. The van der Waals surface area contributed by atoms with E-state index >= 15 is 0 Å². The number of anilines is 1. The number of ether oxygens (including phenoxy) is 1. The number of rotatable bonds is 2. The molecule has 4 nitrogen and oxygen atoms in total. The molecule has 2 N–H and O–H groups in total. The lowest BCUT2D eigenvalue weighted by Gasteiger charge is -2.21. The predicted molar refractivity (Wildman–Crippen MR) is 79.8 cm³/mol. The van der Waals surface area contributed by atoms with Crippen molar-refractivity contribution in [3.8, 4) is 18.1 Å². The van der Waals surface area contributed by atoms with Crippen LogP contribution in [0.5, 0.6) is 5.75 Å². The van der Waals surface area contributed by atoms with E-state index in [0.29, 0.717) is 0 Å². The van der Waals surface area contributed by atoms with Gasteiger partial charge in [0.05, 0.1) is 11.1 Å². The van der Waals surface area contributed by atoms with Gasteiger partial charge in [-0.3, -0.25) is 5.32 Å². The SMILES string of the molecule is C#CC(C)(C)c1ccc(NC(=O)OC(C)(C)C)c(O)c1. The Kier molecular flexibility index (Phi) is 4.34. The molecule has 0 aliphatic heterocycles. The highest BCUT2D eigenvalue weighted by Crippen LogP contribution is 2.31. The lowest BCUT2D eigenvalue weighted by atomic mass is 9.85. The minimum Gasteiger partial charge on any atom is -0.506 e. The molecule has 0 aromatic heterocycles. The third-order valence-electron chi connectivity index (χ3n) is 2.72. The standard InChI is InChI=1S/C16H21NO3/c1-7-16(5,6)11-8-9-12(13(18)10-11)17-14(19)20-15(2,3)4/h1,8-10,18H,2-6H3,(H,17,19). The van der Waals surface area contributed by atoms with E-state index in [0.717, 1.165) is 5.56 Å². The summed E-state index contributed by atoms with van der Waals surface area (Å²) in [4.78, 5) is 11.6. The Morgan fingerprint density at radius 2 is 1.90 bits per heavy atom. The monoisotopic (exact) mass is 275 g/mol. The van der Waals surface area contributed by atoms with Crippen LogP contribution in [0.2, 0.25) is 0 Å². The zero-order valence-electron chi connectivity index (χ0n) is 12.6. The van der Waals surface area contributed by atoms with Crippen LogP contribution in [-0.2, 0) is 10.2 Å². The second-order valence-electron chi connectivity index (χ2n) is 6.13. The topological polar surface area (TPSA) is 58.6 Å². The number of terminal acetylenes is 1. The third kappa shape index (κ3) is 4.20. The van der Waals surface area contributed by atoms with Crippen molar-refractivity contribution in [1.29, 1.82) is 0 Å². The van der Waals surface area contributed by atoms with Crippen molar-refractivity contribution in [3.63, 3.8) is 0 Å². The number of phenols is 1. The fourth-order valence-electron chi connectivity index (χ4n) is 1.52. The number of amides is 1. The maximum Gasteiger partial charge on any atom is 0.412 e. The molecule has 0 saturated carbocycles. The predicted octanol–water partition coefficient (Wildman–Crippen LogP) is 3.65. The third-order valence-corrected chi connectivity index (χ3v) is 2.72. The summed E-state index contributed by atoms with van der Waals surface area (Å²) in [5, 5.41) is 12.5. The maximum atomic E-state index is 11.6. The van der Waals surface area contributed by atoms with Crippen molar-refractivity contribution in [2.75, 3.05) is 5.32 Å². The van der Waals surface area contributed by atoms with E-state index in [2.05, 4.69) is 11.2 Å². The molecule has 0 aliphatic carbocycles. The minimum absolute atomic E-state index is 0.0447. The molecule has 20 heavy (non-hydrogen) atoms. The van der Waals surface area contributed by atoms with Crippen molar-refractivity contribution in [2.24, 2.45) is 0 Å². The van der Waals surface area contributed by atoms with Gasteiger partial charge < -0.3 is 9.84 Å². The molecule has 0 heterocycles. The number of carbonyl (C=O) groups excluding carboxylic acids is 1. The minimum atomic E-state index is -0.614. The van der Waals surface area contributed by atoms with Gasteiger partial charge in [-0.15, -0.1) is 6.42 Å². The number of benzene rings is 1. The second-order valence-corrected chi connectivity index (χ2v) is 6.13. The van der Waals surface area contributed by atoms with E-state index in [-0.39, 0.29) is 11.4 Å². The molecule has 0 fully saturated rings. The first-order valence-corrected chi connectivity index (χ1v) is 6.36. The number of phenolic OH excluding ortho intramolecular Hbond substituents is 1. The average Bonchev–Trinajstić information content (AvgIpc) is 2.29. The first-order chi connectivity index (χ1) is 9.05. The normalized spacial score (nSPS) is 11.6. The van der Waals surface area contributed by atoms with Crippen LogP contribution in [-0.4, -0.2) is 16.8 Å². The van der Waals surface area contributed by atoms with Gasteiger partial charge in [0, 0.05) is 0 Å². The molecule has 108 valence electrons. The number of nitrogens with one attached hydrogen (secondary N) is 1. The maximum absolute atomic E-state index is 11.6. The molecule has 1 aromatic carbocycles. The Morgan fingerprint density at radius 1 is 1.30 bits per heavy atom. The van der Waals surface area contributed by atoms with Gasteiger partial charge in [0.2, 0.25) is 0 Å². The van der Waals surface area contributed by atoms with E-state index in [1.54, 1.807) is 39.0 Å². The van der Waals surface area contributed by atoms with E-state index in [1.807, 2.05) is 13.8 Å². The first kappa shape index (κ1) is 15.9. The van der Waals surface area contributed by atoms with Crippen molar-refractivity contribution in [2.45, 2.75) is 45.6 Å². The molecule has 0 atom stereocenters. The zero-order valence-corrected chi connectivity index (χ0v) is 12.6. The van der Waals surface area contributed by atoms with Gasteiger partial charge in [0.15, 0.2) is 0 Å². The first-order valence-electron chi connectivity index (χ1n) is 6.36. The highest BCUT2D eigenvalue weighted by molar-refractivity contribution is 5.87. The van der Waals surface area contributed by atoms with Crippen LogP contribution in [0.15, 0.2) is 18.2 Å². The molecule has 1 rings (SSSR count). The Morgan fingerprint density at radius 3 is 2.35 bits per heavy atom. The number of hydrogen-bond donors (Lipinski definition) is 2. The van der Waals surface area contributed by atoms with Gasteiger partial charge in [-0.2, -0.15) is 0 Å². The summed E-state index contributed by atoms with van der Waals surface area (Å²) < 4.78 is 5.12.